The number of carbonyl (C=O) groups excluding carboxylic acids is 1. The first-order valence-electron chi connectivity index (χ1n) is 10.5. The lowest BCUT2D eigenvalue weighted by Gasteiger charge is -2.10. The molecule has 3 aromatic rings. The molecule has 158 valence electrons. The van der Waals surface area contributed by atoms with Crippen LogP contribution in [0.4, 0.5) is 5.69 Å². The van der Waals surface area contributed by atoms with Gasteiger partial charge in [0.25, 0.3) is 5.91 Å². The molecule has 0 saturated heterocycles. The van der Waals surface area contributed by atoms with E-state index >= 15 is 0 Å². The number of benzene rings is 3. The fourth-order valence-electron chi connectivity index (χ4n) is 3.43. The van der Waals surface area contributed by atoms with Crippen molar-refractivity contribution in [2.45, 2.75) is 30.1 Å². The normalized spacial score (nSPS) is 12.5. The molecule has 1 N–H and O–H groups in total. The number of rotatable bonds is 6. The van der Waals surface area contributed by atoms with Gasteiger partial charge in [-0.05, 0) is 60.9 Å². The van der Waals surface area contributed by atoms with Gasteiger partial charge >= 0.3 is 0 Å². The molecule has 0 radical (unpaired) electrons. The minimum Gasteiger partial charge on any atom is -0.497 e. The van der Waals surface area contributed by atoms with E-state index in [9.17, 15) is 4.79 Å². The molecule has 3 aromatic carbocycles. The Hall–Kier alpha value is -3.05. The molecule has 1 heterocycles. The van der Waals surface area contributed by atoms with Crippen molar-refractivity contribution in [1.82, 2.24) is 5.32 Å². The van der Waals surface area contributed by atoms with E-state index < -0.39 is 0 Å². The summed E-state index contributed by atoms with van der Waals surface area (Å²) < 4.78 is 5.31. The quantitative estimate of drug-likeness (QED) is 0.402. The van der Waals surface area contributed by atoms with E-state index in [0.717, 1.165) is 44.5 Å². The number of methoxy groups -OCH3 is 1. The van der Waals surface area contributed by atoms with Crippen LogP contribution < -0.4 is 10.1 Å². The van der Waals surface area contributed by atoms with Gasteiger partial charge in [-0.1, -0.05) is 43.8 Å². The fourth-order valence-corrected chi connectivity index (χ4v) is 4.43. The number of hydrogen-bond donors (Lipinski definition) is 1. The highest BCUT2D eigenvalue weighted by Crippen LogP contribution is 2.41. The number of fused-ring (bicyclic) bond motifs is 2. The molecule has 31 heavy (non-hydrogen) atoms. The molecule has 0 bridgehead atoms. The fraction of sp³-hybridized carbons (Fsp3) is 0.231. The summed E-state index contributed by atoms with van der Waals surface area (Å²) in [5, 5.41) is 3.02. The van der Waals surface area contributed by atoms with Crippen molar-refractivity contribution in [1.29, 1.82) is 0 Å². The van der Waals surface area contributed by atoms with E-state index in [4.69, 9.17) is 9.73 Å². The predicted molar refractivity (Wildman–Crippen MR) is 127 cm³/mol. The van der Waals surface area contributed by atoms with Crippen LogP contribution in [0.1, 0.15) is 41.8 Å². The second kappa shape index (κ2) is 9.40. The van der Waals surface area contributed by atoms with Crippen LogP contribution >= 0.6 is 11.8 Å². The third-order valence-electron chi connectivity index (χ3n) is 5.19. The van der Waals surface area contributed by atoms with Gasteiger partial charge < -0.3 is 10.1 Å². The second-order valence-electron chi connectivity index (χ2n) is 7.91. The smallest absolute Gasteiger partial charge is 0.251 e. The van der Waals surface area contributed by atoms with Gasteiger partial charge in [0.15, 0.2) is 0 Å². The zero-order valence-electron chi connectivity index (χ0n) is 18.0. The topological polar surface area (TPSA) is 50.7 Å². The highest BCUT2D eigenvalue weighted by molar-refractivity contribution is 7.99. The second-order valence-corrected chi connectivity index (χ2v) is 8.99. The van der Waals surface area contributed by atoms with E-state index in [-0.39, 0.29) is 5.91 Å². The van der Waals surface area contributed by atoms with Crippen molar-refractivity contribution in [2.24, 2.45) is 10.9 Å². The maximum atomic E-state index is 12.7. The molecule has 0 unspecified atom stereocenters. The van der Waals surface area contributed by atoms with Crippen LogP contribution in [0.2, 0.25) is 0 Å². The summed E-state index contributed by atoms with van der Waals surface area (Å²) >= 11 is 1.68. The standard InChI is InChI=1S/C26H26N2O2S/c1-17(2)14-15-27-26(29)19-10-13-24-22(16-19)28-25(18-8-11-20(30-3)12-9-18)21-6-4-5-7-23(21)31-24/h4-13,16-17H,14-15H2,1-3H3,(H,27,29). The Labute approximate surface area is 187 Å². The SMILES string of the molecule is COc1ccc(C2=Nc3cc(C(=O)NCCC(C)C)ccc3Sc3ccccc32)cc1. The van der Waals surface area contributed by atoms with Crippen LogP contribution in [-0.2, 0) is 0 Å². The molecule has 0 spiro atoms. The first kappa shape index (κ1) is 21.2. The van der Waals surface area contributed by atoms with Crippen LogP contribution in [0.15, 0.2) is 81.5 Å². The summed E-state index contributed by atoms with van der Waals surface area (Å²) in [4.78, 5) is 19.9. The zero-order valence-corrected chi connectivity index (χ0v) is 18.8. The number of ether oxygens (including phenoxy) is 1. The highest BCUT2D eigenvalue weighted by atomic mass is 32.2. The van der Waals surface area contributed by atoms with Gasteiger partial charge in [0.05, 0.1) is 18.5 Å². The van der Waals surface area contributed by atoms with Gasteiger partial charge in [-0.15, -0.1) is 0 Å². The summed E-state index contributed by atoms with van der Waals surface area (Å²) in [7, 11) is 1.66. The van der Waals surface area contributed by atoms with Gasteiger partial charge in [0, 0.05) is 33.0 Å². The minimum absolute atomic E-state index is 0.0589. The molecule has 1 amide bonds. The molecule has 4 rings (SSSR count). The lowest BCUT2D eigenvalue weighted by atomic mass is 10.0. The molecule has 1 aliphatic heterocycles. The van der Waals surface area contributed by atoms with Crippen LogP contribution in [0.3, 0.4) is 0 Å². The summed E-state index contributed by atoms with van der Waals surface area (Å²) in [5.74, 6) is 1.30. The van der Waals surface area contributed by atoms with E-state index in [2.05, 4.69) is 31.3 Å². The van der Waals surface area contributed by atoms with Crippen LogP contribution in [0, 0.1) is 5.92 Å². The molecule has 0 aliphatic carbocycles. The summed E-state index contributed by atoms with van der Waals surface area (Å²) in [5.41, 5.74) is 4.42. The minimum atomic E-state index is -0.0589. The van der Waals surface area contributed by atoms with Crippen LogP contribution in [-0.4, -0.2) is 25.3 Å². The van der Waals surface area contributed by atoms with E-state index in [0.29, 0.717) is 18.0 Å². The van der Waals surface area contributed by atoms with Gasteiger partial charge in [0.2, 0.25) is 0 Å². The summed E-state index contributed by atoms with van der Waals surface area (Å²) in [6, 6.07) is 22.0. The molecule has 4 nitrogen and oxygen atoms in total. The van der Waals surface area contributed by atoms with Crippen molar-refractivity contribution in [3.05, 3.63) is 83.4 Å². The van der Waals surface area contributed by atoms with E-state index in [1.165, 1.54) is 0 Å². The Morgan fingerprint density at radius 3 is 2.55 bits per heavy atom. The monoisotopic (exact) mass is 430 g/mol. The number of hydrogen-bond acceptors (Lipinski definition) is 4. The Morgan fingerprint density at radius 1 is 1.03 bits per heavy atom. The molecule has 0 atom stereocenters. The Kier molecular flexibility index (Phi) is 6.42. The van der Waals surface area contributed by atoms with Crippen LogP contribution in [0.5, 0.6) is 5.75 Å². The maximum Gasteiger partial charge on any atom is 0.251 e. The number of nitrogens with one attached hydrogen (secondary N) is 1. The van der Waals surface area contributed by atoms with Gasteiger partial charge in [-0.3, -0.25) is 4.79 Å². The van der Waals surface area contributed by atoms with Gasteiger partial charge in [-0.2, -0.15) is 0 Å². The number of carbonyl (C=O) groups is 1. The van der Waals surface area contributed by atoms with Crippen molar-refractivity contribution in [3.63, 3.8) is 0 Å². The third kappa shape index (κ3) is 4.83. The first-order chi connectivity index (χ1) is 15.0. The Balaban J connectivity index is 1.73. The lowest BCUT2D eigenvalue weighted by Crippen LogP contribution is -2.25. The number of nitrogens with zero attached hydrogens (tertiary/aromatic N) is 1. The first-order valence-corrected chi connectivity index (χ1v) is 11.3. The van der Waals surface area contributed by atoms with Crippen molar-refractivity contribution in [3.8, 4) is 5.75 Å². The van der Waals surface area contributed by atoms with Gasteiger partial charge in [-0.25, -0.2) is 4.99 Å². The zero-order chi connectivity index (χ0) is 21.8. The average molecular weight is 431 g/mol. The molecule has 0 aromatic heterocycles. The van der Waals surface area contributed by atoms with Crippen molar-refractivity contribution < 1.29 is 9.53 Å². The summed E-state index contributed by atoms with van der Waals surface area (Å²) in [6.07, 6.45) is 0.960. The molecule has 1 aliphatic rings. The average Bonchev–Trinajstić information content (AvgIpc) is 2.95. The number of amides is 1. The van der Waals surface area contributed by atoms with Crippen LogP contribution in [0.25, 0.3) is 0 Å². The number of aliphatic imine (C=N–C) groups is 1. The molecule has 0 fully saturated rings. The van der Waals surface area contributed by atoms with E-state index in [1.807, 2.05) is 54.6 Å². The Bertz CT molecular complexity index is 1120. The molecule has 5 heteroatoms. The third-order valence-corrected chi connectivity index (χ3v) is 6.33. The largest absolute Gasteiger partial charge is 0.497 e. The lowest BCUT2D eigenvalue weighted by molar-refractivity contribution is 0.0952. The predicted octanol–water partition coefficient (Wildman–Crippen LogP) is 6.10. The maximum absolute atomic E-state index is 12.7. The summed E-state index contributed by atoms with van der Waals surface area (Å²) in [6.45, 7) is 4.98. The van der Waals surface area contributed by atoms with Crippen molar-refractivity contribution in [2.75, 3.05) is 13.7 Å². The van der Waals surface area contributed by atoms with Gasteiger partial charge in [0.1, 0.15) is 5.75 Å². The van der Waals surface area contributed by atoms with Crippen molar-refractivity contribution >= 4 is 29.1 Å². The molecule has 0 saturated carbocycles. The highest BCUT2D eigenvalue weighted by Gasteiger charge is 2.20. The molecular weight excluding hydrogens is 404 g/mol. The Morgan fingerprint density at radius 2 is 1.81 bits per heavy atom. The van der Waals surface area contributed by atoms with E-state index in [1.54, 1.807) is 18.9 Å². The molecular formula is C26H26N2O2S.